The first-order valence-electron chi connectivity index (χ1n) is 8.82. The molecule has 0 radical (unpaired) electrons. The standard InChI is InChI=1S/C19H25N5O2/c1-13-10-14(19(25)24-8-7-18(21)23-24)5-6-16(13)17(20)12-22-11-15-4-2-3-9-26-15/h5-8,10,12,15,22H,2-4,9,11,20H2,1H3,(H2,21,23)/b17-12-. The van der Waals surface area contributed by atoms with Gasteiger partial charge < -0.3 is 21.5 Å². The number of nitrogen functional groups attached to an aromatic ring is 1. The quantitative estimate of drug-likeness (QED) is 0.756. The number of carbonyl (C=O) groups is 1. The van der Waals surface area contributed by atoms with Gasteiger partial charge in [-0.25, -0.2) is 4.68 Å². The second kappa shape index (κ2) is 8.05. The van der Waals surface area contributed by atoms with Crippen LogP contribution in [-0.2, 0) is 4.74 Å². The van der Waals surface area contributed by atoms with Gasteiger partial charge in [-0.1, -0.05) is 6.07 Å². The van der Waals surface area contributed by atoms with Gasteiger partial charge >= 0.3 is 0 Å². The van der Waals surface area contributed by atoms with E-state index in [1.165, 1.54) is 11.1 Å². The van der Waals surface area contributed by atoms with Crippen molar-refractivity contribution in [2.75, 3.05) is 18.9 Å². The highest BCUT2D eigenvalue weighted by Gasteiger charge is 2.14. The van der Waals surface area contributed by atoms with Gasteiger partial charge in [-0.15, -0.1) is 5.10 Å². The van der Waals surface area contributed by atoms with E-state index < -0.39 is 0 Å². The Morgan fingerprint density at radius 2 is 2.27 bits per heavy atom. The summed E-state index contributed by atoms with van der Waals surface area (Å²) in [7, 11) is 0. The lowest BCUT2D eigenvalue weighted by Gasteiger charge is -2.22. The SMILES string of the molecule is Cc1cc(C(=O)n2ccc(N)n2)ccc1/C(N)=C/NCC1CCCCO1. The molecule has 0 saturated carbocycles. The Kier molecular flexibility index (Phi) is 5.58. The average molecular weight is 355 g/mol. The number of hydrogen-bond donors (Lipinski definition) is 3. The zero-order chi connectivity index (χ0) is 18.5. The number of rotatable bonds is 5. The van der Waals surface area contributed by atoms with Gasteiger partial charge in [-0.2, -0.15) is 0 Å². The second-order valence-electron chi connectivity index (χ2n) is 6.52. The molecule has 3 rings (SSSR count). The normalized spacial score (nSPS) is 17.9. The van der Waals surface area contributed by atoms with E-state index in [2.05, 4.69) is 10.4 Å². The van der Waals surface area contributed by atoms with Gasteiger partial charge in [-0.05, 0) is 43.9 Å². The fourth-order valence-corrected chi connectivity index (χ4v) is 3.05. The number of aryl methyl sites for hydroxylation is 1. The molecule has 2 heterocycles. The Morgan fingerprint density at radius 1 is 1.42 bits per heavy atom. The van der Waals surface area contributed by atoms with Crippen molar-refractivity contribution in [3.63, 3.8) is 0 Å². The summed E-state index contributed by atoms with van der Waals surface area (Å²) in [5, 5.41) is 7.19. The fourth-order valence-electron chi connectivity index (χ4n) is 3.05. The molecule has 2 aromatic rings. The van der Waals surface area contributed by atoms with Crippen LogP contribution in [0.5, 0.6) is 0 Å². The van der Waals surface area contributed by atoms with E-state index >= 15 is 0 Å². The van der Waals surface area contributed by atoms with Gasteiger partial charge in [0.1, 0.15) is 5.82 Å². The van der Waals surface area contributed by atoms with E-state index in [1.807, 2.05) is 13.0 Å². The number of carbonyl (C=O) groups excluding carboxylic acids is 1. The van der Waals surface area contributed by atoms with E-state index in [0.29, 0.717) is 17.1 Å². The molecule has 0 amide bonds. The van der Waals surface area contributed by atoms with Crippen LogP contribution < -0.4 is 16.8 Å². The number of aromatic nitrogens is 2. The highest BCUT2D eigenvalue weighted by Crippen LogP contribution is 2.17. The van der Waals surface area contributed by atoms with Crippen molar-refractivity contribution in [3.8, 4) is 0 Å². The van der Waals surface area contributed by atoms with Crippen molar-refractivity contribution in [2.24, 2.45) is 5.73 Å². The van der Waals surface area contributed by atoms with Gasteiger partial charge in [0.25, 0.3) is 5.91 Å². The van der Waals surface area contributed by atoms with Crippen molar-refractivity contribution in [1.82, 2.24) is 15.1 Å². The summed E-state index contributed by atoms with van der Waals surface area (Å²) < 4.78 is 6.92. The third-order valence-corrected chi connectivity index (χ3v) is 4.48. The van der Waals surface area contributed by atoms with E-state index in [-0.39, 0.29) is 12.0 Å². The number of hydrogen-bond acceptors (Lipinski definition) is 6. The van der Waals surface area contributed by atoms with Crippen LogP contribution >= 0.6 is 0 Å². The molecule has 1 atom stereocenters. The Balaban J connectivity index is 1.66. The number of nitrogens with two attached hydrogens (primary N) is 2. The average Bonchev–Trinajstić information content (AvgIpc) is 3.08. The van der Waals surface area contributed by atoms with Crippen LogP contribution in [0.2, 0.25) is 0 Å². The Labute approximate surface area is 153 Å². The van der Waals surface area contributed by atoms with Crippen molar-refractivity contribution < 1.29 is 9.53 Å². The van der Waals surface area contributed by atoms with Crippen LogP contribution in [0.1, 0.15) is 40.7 Å². The maximum Gasteiger partial charge on any atom is 0.278 e. The summed E-state index contributed by atoms with van der Waals surface area (Å²) in [6.07, 6.45) is 7.03. The van der Waals surface area contributed by atoms with Gasteiger partial charge in [-0.3, -0.25) is 4.79 Å². The Bertz CT molecular complexity index is 806. The Morgan fingerprint density at radius 3 is 2.92 bits per heavy atom. The van der Waals surface area contributed by atoms with Crippen molar-refractivity contribution in [3.05, 3.63) is 53.4 Å². The Hall–Kier alpha value is -2.80. The predicted molar refractivity (Wildman–Crippen MR) is 101 cm³/mol. The van der Waals surface area contributed by atoms with E-state index in [1.54, 1.807) is 30.6 Å². The summed E-state index contributed by atoms with van der Waals surface area (Å²) in [6.45, 7) is 3.51. The molecular formula is C19H25N5O2. The molecule has 7 heteroatoms. The van der Waals surface area contributed by atoms with Crippen molar-refractivity contribution in [2.45, 2.75) is 32.3 Å². The minimum Gasteiger partial charge on any atom is -0.397 e. The van der Waals surface area contributed by atoms with Crippen LogP contribution in [0.4, 0.5) is 5.82 Å². The summed E-state index contributed by atoms with van der Waals surface area (Å²) in [5.41, 5.74) is 14.7. The molecule has 1 aromatic heterocycles. The van der Waals surface area contributed by atoms with Crippen molar-refractivity contribution >= 4 is 17.4 Å². The lowest BCUT2D eigenvalue weighted by molar-refractivity contribution is 0.0188. The highest BCUT2D eigenvalue weighted by atomic mass is 16.5. The molecule has 1 unspecified atom stereocenters. The molecule has 1 aromatic carbocycles. The molecule has 0 spiro atoms. The fraction of sp³-hybridized carbons (Fsp3) is 0.368. The van der Waals surface area contributed by atoms with Gasteiger partial charge in [0.15, 0.2) is 0 Å². The van der Waals surface area contributed by atoms with E-state index in [4.69, 9.17) is 16.2 Å². The number of nitrogens with zero attached hydrogens (tertiary/aromatic N) is 2. The van der Waals surface area contributed by atoms with Crippen LogP contribution in [0.3, 0.4) is 0 Å². The summed E-state index contributed by atoms with van der Waals surface area (Å²) >= 11 is 0. The van der Waals surface area contributed by atoms with Crippen LogP contribution in [0, 0.1) is 6.92 Å². The molecule has 7 nitrogen and oxygen atoms in total. The monoisotopic (exact) mass is 355 g/mol. The third-order valence-electron chi connectivity index (χ3n) is 4.48. The second-order valence-corrected chi connectivity index (χ2v) is 6.52. The first-order valence-corrected chi connectivity index (χ1v) is 8.82. The van der Waals surface area contributed by atoms with Gasteiger partial charge in [0, 0.05) is 42.7 Å². The number of ether oxygens (including phenoxy) is 1. The molecule has 1 saturated heterocycles. The molecule has 138 valence electrons. The number of anilines is 1. The minimum absolute atomic E-state index is 0.230. The molecule has 1 aliphatic heterocycles. The third kappa shape index (κ3) is 4.23. The molecular weight excluding hydrogens is 330 g/mol. The smallest absolute Gasteiger partial charge is 0.278 e. The zero-order valence-electron chi connectivity index (χ0n) is 14.9. The minimum atomic E-state index is -0.230. The first-order chi connectivity index (χ1) is 12.5. The molecule has 1 fully saturated rings. The van der Waals surface area contributed by atoms with Crippen molar-refractivity contribution in [1.29, 1.82) is 0 Å². The van der Waals surface area contributed by atoms with E-state index in [9.17, 15) is 4.79 Å². The first kappa shape index (κ1) is 18.0. The molecule has 0 bridgehead atoms. The maximum atomic E-state index is 12.4. The number of nitrogens with one attached hydrogen (secondary N) is 1. The summed E-state index contributed by atoms with van der Waals surface area (Å²) in [5.74, 6) is 0.0818. The summed E-state index contributed by atoms with van der Waals surface area (Å²) in [6, 6.07) is 6.98. The van der Waals surface area contributed by atoms with Gasteiger partial charge in [0.2, 0.25) is 0 Å². The van der Waals surface area contributed by atoms with Crippen LogP contribution in [-0.4, -0.2) is 34.9 Å². The topological polar surface area (TPSA) is 108 Å². The van der Waals surface area contributed by atoms with Crippen LogP contribution in [0.15, 0.2) is 36.7 Å². The zero-order valence-corrected chi connectivity index (χ0v) is 14.9. The highest BCUT2D eigenvalue weighted by molar-refractivity contribution is 5.96. The molecule has 5 N–H and O–H groups in total. The largest absolute Gasteiger partial charge is 0.397 e. The molecule has 1 aliphatic rings. The van der Waals surface area contributed by atoms with E-state index in [0.717, 1.165) is 37.1 Å². The number of benzene rings is 1. The lowest BCUT2D eigenvalue weighted by atomic mass is 10.0. The predicted octanol–water partition coefficient (Wildman–Crippen LogP) is 1.88. The van der Waals surface area contributed by atoms with Gasteiger partial charge in [0.05, 0.1) is 11.8 Å². The lowest BCUT2D eigenvalue weighted by Crippen LogP contribution is -2.29. The summed E-state index contributed by atoms with van der Waals surface area (Å²) in [4.78, 5) is 12.4. The molecule has 0 aliphatic carbocycles. The molecule has 26 heavy (non-hydrogen) atoms. The maximum absolute atomic E-state index is 12.4. The van der Waals surface area contributed by atoms with Crippen LogP contribution in [0.25, 0.3) is 5.70 Å².